The van der Waals surface area contributed by atoms with Crippen molar-refractivity contribution in [2.24, 2.45) is 10.9 Å². The van der Waals surface area contributed by atoms with Gasteiger partial charge >= 0.3 is 0 Å². The van der Waals surface area contributed by atoms with E-state index in [2.05, 4.69) is 26.2 Å². The van der Waals surface area contributed by atoms with Gasteiger partial charge in [-0.15, -0.1) is 11.8 Å². The number of hydrogen-bond acceptors (Lipinski definition) is 4. The van der Waals surface area contributed by atoms with Crippen LogP contribution in [0.2, 0.25) is 0 Å². The summed E-state index contributed by atoms with van der Waals surface area (Å²) in [4.78, 5) is 16.1. The third-order valence-corrected chi connectivity index (χ3v) is 7.01. The fourth-order valence-electron chi connectivity index (χ4n) is 3.90. The molecule has 1 spiro atoms. The molecule has 2 aliphatic heterocycles. The molecular formula is C19H15BrF2N2O2S. The molecule has 27 heavy (non-hydrogen) atoms. The molecule has 4 nitrogen and oxygen atoms in total. The third kappa shape index (κ3) is 2.39. The number of benzene rings is 2. The van der Waals surface area contributed by atoms with E-state index in [4.69, 9.17) is 4.74 Å². The molecule has 3 atom stereocenters. The Morgan fingerprint density at radius 3 is 2.70 bits per heavy atom. The fourth-order valence-corrected chi connectivity index (χ4v) is 5.34. The zero-order valence-corrected chi connectivity index (χ0v) is 16.8. The van der Waals surface area contributed by atoms with E-state index in [1.54, 1.807) is 31.4 Å². The van der Waals surface area contributed by atoms with Crippen LogP contribution in [-0.2, 0) is 15.3 Å². The first kappa shape index (κ1) is 18.4. The Balaban J connectivity index is 2.04. The largest absolute Gasteiger partial charge is 0.471 e. The van der Waals surface area contributed by atoms with Crippen LogP contribution in [0.15, 0.2) is 45.9 Å². The Labute approximate surface area is 167 Å². The third-order valence-electron chi connectivity index (χ3n) is 5.25. The number of nitrogens with one attached hydrogen (secondary N) is 1. The molecule has 0 saturated carbocycles. The summed E-state index contributed by atoms with van der Waals surface area (Å²) in [6, 6.07) is 9.23. The van der Waals surface area contributed by atoms with E-state index in [-0.39, 0.29) is 11.5 Å². The molecule has 0 bridgehead atoms. The number of thioether (sulfide) groups is 1. The SMILES string of the molecule is CS[C@]1(c2cccc(F)c2F)Oc2ccc(Br)cc2C2(N=CNC2=O)C1C. The molecule has 0 fully saturated rings. The van der Waals surface area contributed by atoms with Gasteiger partial charge in [-0.1, -0.05) is 35.0 Å². The maximum atomic E-state index is 14.8. The van der Waals surface area contributed by atoms with Crippen LogP contribution in [0.4, 0.5) is 8.78 Å². The molecule has 0 aliphatic carbocycles. The predicted octanol–water partition coefficient (Wildman–Crippen LogP) is 4.33. The monoisotopic (exact) mass is 452 g/mol. The summed E-state index contributed by atoms with van der Waals surface area (Å²) in [5, 5.41) is 2.63. The van der Waals surface area contributed by atoms with Crippen molar-refractivity contribution in [3.63, 3.8) is 0 Å². The summed E-state index contributed by atoms with van der Waals surface area (Å²) in [5.41, 5.74) is -0.679. The number of nitrogens with zero attached hydrogens (tertiary/aromatic N) is 1. The molecule has 2 aromatic rings. The number of fused-ring (bicyclic) bond motifs is 2. The maximum Gasteiger partial charge on any atom is 0.258 e. The van der Waals surface area contributed by atoms with Crippen LogP contribution in [0.25, 0.3) is 0 Å². The highest BCUT2D eigenvalue weighted by molar-refractivity contribution is 9.10. The second-order valence-electron chi connectivity index (χ2n) is 6.44. The van der Waals surface area contributed by atoms with Gasteiger partial charge in [0, 0.05) is 21.5 Å². The Kier molecular flexibility index (Phi) is 4.31. The Hall–Kier alpha value is -1.93. The van der Waals surface area contributed by atoms with Crippen LogP contribution in [0.5, 0.6) is 5.75 Å². The highest BCUT2D eigenvalue weighted by Gasteiger charge is 2.62. The van der Waals surface area contributed by atoms with Crippen LogP contribution < -0.4 is 10.1 Å². The summed E-state index contributed by atoms with van der Waals surface area (Å²) in [6.45, 7) is 1.77. The number of amides is 1. The summed E-state index contributed by atoms with van der Waals surface area (Å²) in [7, 11) is 0. The number of carbonyl (C=O) groups excluding carboxylic acids is 1. The lowest BCUT2D eigenvalue weighted by atomic mass is 9.72. The molecule has 0 radical (unpaired) electrons. The predicted molar refractivity (Wildman–Crippen MR) is 104 cm³/mol. The van der Waals surface area contributed by atoms with E-state index in [1.165, 1.54) is 30.2 Å². The van der Waals surface area contributed by atoms with Gasteiger partial charge in [-0.25, -0.2) is 8.78 Å². The summed E-state index contributed by atoms with van der Waals surface area (Å²) >= 11 is 4.63. The minimum atomic E-state index is -1.34. The molecule has 4 rings (SSSR count). The smallest absolute Gasteiger partial charge is 0.258 e. The zero-order chi connectivity index (χ0) is 19.4. The Morgan fingerprint density at radius 2 is 2.04 bits per heavy atom. The minimum absolute atomic E-state index is 0.0466. The minimum Gasteiger partial charge on any atom is -0.471 e. The van der Waals surface area contributed by atoms with Gasteiger partial charge < -0.3 is 10.1 Å². The lowest BCUT2D eigenvalue weighted by Gasteiger charge is -2.49. The van der Waals surface area contributed by atoms with Crippen LogP contribution in [0.1, 0.15) is 18.1 Å². The Bertz CT molecular complexity index is 986. The lowest BCUT2D eigenvalue weighted by Crippen LogP contribution is -2.55. The van der Waals surface area contributed by atoms with E-state index in [1.807, 2.05) is 0 Å². The zero-order valence-electron chi connectivity index (χ0n) is 14.4. The first-order valence-corrected chi connectivity index (χ1v) is 10.2. The standard InChI is InChI=1S/C19H15BrF2N2O2S/c1-10-18(17(25)23-9-24-18)13-8-11(20)6-7-15(13)26-19(10,27-2)12-4-3-5-14(21)16(12)22/h3-10H,1-2H3,(H,23,24,25)/t10?,18?,19-/m1/s1. The van der Waals surface area contributed by atoms with Gasteiger partial charge in [0.05, 0.1) is 6.34 Å². The van der Waals surface area contributed by atoms with E-state index in [0.717, 1.165) is 10.5 Å². The number of aliphatic imine (C=N–C) groups is 1. The van der Waals surface area contributed by atoms with Crippen molar-refractivity contribution in [1.82, 2.24) is 5.32 Å². The molecular weight excluding hydrogens is 438 g/mol. The van der Waals surface area contributed by atoms with E-state index in [0.29, 0.717) is 11.3 Å². The van der Waals surface area contributed by atoms with Crippen molar-refractivity contribution in [2.45, 2.75) is 17.4 Å². The van der Waals surface area contributed by atoms with E-state index in [9.17, 15) is 13.6 Å². The number of hydrogen-bond donors (Lipinski definition) is 1. The van der Waals surface area contributed by atoms with Gasteiger partial charge in [0.25, 0.3) is 5.91 Å². The number of rotatable bonds is 2. The fraction of sp³-hybridized carbons (Fsp3) is 0.263. The first-order chi connectivity index (χ1) is 12.9. The van der Waals surface area contributed by atoms with Gasteiger partial charge in [0.1, 0.15) is 5.75 Å². The molecule has 0 saturated heterocycles. The van der Waals surface area contributed by atoms with Crippen LogP contribution in [-0.4, -0.2) is 18.5 Å². The molecule has 2 aliphatic rings. The molecule has 2 unspecified atom stereocenters. The van der Waals surface area contributed by atoms with Gasteiger partial charge in [-0.3, -0.25) is 9.79 Å². The topological polar surface area (TPSA) is 50.7 Å². The highest BCUT2D eigenvalue weighted by Crippen LogP contribution is 2.59. The molecule has 1 amide bonds. The quantitative estimate of drug-likeness (QED) is 0.737. The first-order valence-electron chi connectivity index (χ1n) is 8.20. The van der Waals surface area contributed by atoms with Crippen LogP contribution >= 0.6 is 27.7 Å². The molecule has 0 aromatic heterocycles. The van der Waals surface area contributed by atoms with Gasteiger partial charge in [-0.2, -0.15) is 0 Å². The van der Waals surface area contributed by atoms with Gasteiger partial charge in [-0.05, 0) is 30.5 Å². The van der Waals surface area contributed by atoms with Crippen molar-refractivity contribution in [1.29, 1.82) is 0 Å². The lowest BCUT2D eigenvalue weighted by molar-refractivity contribution is -0.129. The summed E-state index contributed by atoms with van der Waals surface area (Å²) < 4.78 is 35.8. The maximum absolute atomic E-state index is 14.8. The van der Waals surface area contributed by atoms with Gasteiger partial charge in [0.2, 0.25) is 0 Å². The number of halogens is 3. The normalized spacial score (nSPS) is 28.8. The second-order valence-corrected chi connectivity index (χ2v) is 8.37. The molecule has 1 N–H and O–H groups in total. The van der Waals surface area contributed by atoms with Crippen molar-refractivity contribution < 1.29 is 18.3 Å². The number of ether oxygens (including phenoxy) is 1. The van der Waals surface area contributed by atoms with Crippen molar-refractivity contribution >= 4 is 39.9 Å². The van der Waals surface area contributed by atoms with Crippen LogP contribution in [0, 0.1) is 17.6 Å². The van der Waals surface area contributed by atoms with E-state index < -0.39 is 28.0 Å². The number of carbonyl (C=O) groups is 1. The molecule has 8 heteroatoms. The highest BCUT2D eigenvalue weighted by atomic mass is 79.9. The molecule has 140 valence electrons. The van der Waals surface area contributed by atoms with Crippen molar-refractivity contribution in [3.05, 3.63) is 63.6 Å². The molecule has 2 aromatic carbocycles. The molecule has 2 heterocycles. The van der Waals surface area contributed by atoms with E-state index >= 15 is 0 Å². The second kappa shape index (κ2) is 6.31. The van der Waals surface area contributed by atoms with Crippen LogP contribution in [0.3, 0.4) is 0 Å². The summed E-state index contributed by atoms with van der Waals surface area (Å²) in [5.74, 6) is -2.50. The average molecular weight is 453 g/mol. The van der Waals surface area contributed by atoms with Gasteiger partial charge in [0.15, 0.2) is 22.1 Å². The van der Waals surface area contributed by atoms with Crippen molar-refractivity contribution in [3.8, 4) is 5.75 Å². The average Bonchev–Trinajstić information content (AvgIpc) is 3.04. The Morgan fingerprint density at radius 1 is 1.26 bits per heavy atom. The summed E-state index contributed by atoms with van der Waals surface area (Å²) in [6.07, 6.45) is 3.09. The van der Waals surface area contributed by atoms with Crippen molar-refractivity contribution in [2.75, 3.05) is 6.26 Å².